The van der Waals surface area contributed by atoms with Gasteiger partial charge in [0.25, 0.3) is 5.91 Å². The highest BCUT2D eigenvalue weighted by Crippen LogP contribution is 2.30. The number of nitrogens with two attached hydrogens (primary N) is 1. The van der Waals surface area contributed by atoms with E-state index < -0.39 is 5.91 Å². The van der Waals surface area contributed by atoms with E-state index in [1.165, 1.54) is 6.20 Å². The monoisotopic (exact) mass is 201 g/mol. The molecule has 0 saturated carbocycles. The number of para-hydroxylation sites is 1. The maximum absolute atomic E-state index is 11.0. The van der Waals surface area contributed by atoms with Crippen LogP contribution >= 0.6 is 0 Å². The summed E-state index contributed by atoms with van der Waals surface area (Å²) in [5, 5.41) is 0. The van der Waals surface area contributed by atoms with Gasteiger partial charge in [0.1, 0.15) is 11.8 Å². The molecule has 0 bridgehead atoms. The summed E-state index contributed by atoms with van der Waals surface area (Å²) < 4.78 is 7.08. The van der Waals surface area contributed by atoms with Crippen molar-refractivity contribution in [1.29, 1.82) is 0 Å². The Balaban J connectivity index is 2.33. The molecule has 0 saturated heterocycles. The van der Waals surface area contributed by atoms with Crippen molar-refractivity contribution in [3.63, 3.8) is 0 Å². The van der Waals surface area contributed by atoms with Crippen molar-refractivity contribution in [2.24, 2.45) is 5.73 Å². The van der Waals surface area contributed by atoms with E-state index in [-0.39, 0.29) is 5.76 Å². The number of ether oxygens (including phenoxy) is 1. The first-order chi connectivity index (χ1) is 7.25. The second-order valence-corrected chi connectivity index (χ2v) is 3.24. The highest BCUT2D eigenvalue weighted by molar-refractivity contribution is 5.97. The highest BCUT2D eigenvalue weighted by Gasteiger charge is 2.18. The minimum Gasteiger partial charge on any atom is -0.448 e. The van der Waals surface area contributed by atoms with Crippen molar-refractivity contribution in [2.75, 3.05) is 0 Å². The average Bonchev–Trinajstić information content (AvgIpc) is 2.64. The molecule has 0 atom stereocenters. The standard InChI is InChI=1S/C10H7N3O2/c11-10(14)8-4-13-5-12-6-2-1-3-7(15-8)9(6)13/h1-5H,(H2,11,14). The largest absolute Gasteiger partial charge is 0.448 e. The zero-order chi connectivity index (χ0) is 10.4. The first-order valence-corrected chi connectivity index (χ1v) is 4.41. The van der Waals surface area contributed by atoms with Crippen LogP contribution in [0.1, 0.15) is 0 Å². The van der Waals surface area contributed by atoms with E-state index in [1.807, 2.05) is 12.1 Å². The van der Waals surface area contributed by atoms with Gasteiger partial charge >= 0.3 is 0 Å². The van der Waals surface area contributed by atoms with E-state index in [2.05, 4.69) is 4.98 Å². The van der Waals surface area contributed by atoms with Crippen LogP contribution in [0.5, 0.6) is 5.75 Å². The summed E-state index contributed by atoms with van der Waals surface area (Å²) in [6.07, 6.45) is 3.16. The molecule has 1 amide bonds. The van der Waals surface area contributed by atoms with Gasteiger partial charge in [-0.05, 0) is 12.1 Å². The zero-order valence-corrected chi connectivity index (χ0v) is 7.68. The number of primary amides is 1. The van der Waals surface area contributed by atoms with E-state index >= 15 is 0 Å². The number of nitrogens with zero attached hydrogens (tertiary/aromatic N) is 2. The fourth-order valence-corrected chi connectivity index (χ4v) is 1.62. The summed E-state index contributed by atoms with van der Waals surface area (Å²) in [6.45, 7) is 0. The lowest BCUT2D eigenvalue weighted by molar-refractivity contribution is -0.116. The first-order valence-electron chi connectivity index (χ1n) is 4.41. The van der Waals surface area contributed by atoms with Crippen molar-refractivity contribution in [3.05, 3.63) is 30.3 Å². The molecule has 0 aliphatic carbocycles. The van der Waals surface area contributed by atoms with Gasteiger partial charge in [0.15, 0.2) is 5.75 Å². The number of carbonyl (C=O) groups excluding carboxylic acids is 1. The molecule has 1 aromatic carbocycles. The predicted octanol–water partition coefficient (Wildman–Crippen LogP) is 0.712. The second-order valence-electron chi connectivity index (χ2n) is 3.24. The maximum Gasteiger partial charge on any atom is 0.286 e. The smallest absolute Gasteiger partial charge is 0.286 e. The Kier molecular flexibility index (Phi) is 1.39. The molecule has 2 N–H and O–H groups in total. The number of carbonyl (C=O) groups is 1. The van der Waals surface area contributed by atoms with Crippen LogP contribution in [0.4, 0.5) is 0 Å². The van der Waals surface area contributed by atoms with Gasteiger partial charge in [0, 0.05) is 0 Å². The van der Waals surface area contributed by atoms with Crippen LogP contribution in [-0.2, 0) is 4.79 Å². The fourth-order valence-electron chi connectivity index (χ4n) is 1.62. The van der Waals surface area contributed by atoms with Gasteiger partial charge in [-0.15, -0.1) is 0 Å². The fraction of sp³-hybridized carbons (Fsp3) is 0. The SMILES string of the molecule is NC(=O)C1=Cn2cnc3cccc(c32)O1. The number of hydrogen-bond acceptors (Lipinski definition) is 3. The predicted molar refractivity (Wildman–Crippen MR) is 53.8 cm³/mol. The van der Waals surface area contributed by atoms with Crippen LogP contribution in [-0.4, -0.2) is 15.5 Å². The Hall–Kier alpha value is -2.30. The Bertz CT molecular complexity index is 598. The molecule has 1 aliphatic rings. The number of rotatable bonds is 1. The molecule has 15 heavy (non-hydrogen) atoms. The van der Waals surface area contributed by atoms with E-state index in [0.717, 1.165) is 11.0 Å². The number of hydrogen-bond donors (Lipinski definition) is 1. The molecule has 1 aliphatic heterocycles. The van der Waals surface area contributed by atoms with E-state index in [9.17, 15) is 4.79 Å². The maximum atomic E-state index is 11.0. The van der Waals surface area contributed by atoms with E-state index in [1.54, 1.807) is 17.0 Å². The van der Waals surface area contributed by atoms with Gasteiger partial charge in [-0.1, -0.05) is 6.07 Å². The topological polar surface area (TPSA) is 70.1 Å². The minimum absolute atomic E-state index is 0.119. The number of imidazole rings is 1. The summed E-state index contributed by atoms with van der Waals surface area (Å²) >= 11 is 0. The summed E-state index contributed by atoms with van der Waals surface area (Å²) in [4.78, 5) is 15.2. The summed E-state index contributed by atoms with van der Waals surface area (Å²) in [7, 11) is 0. The van der Waals surface area contributed by atoms with Crippen LogP contribution in [0.2, 0.25) is 0 Å². The van der Waals surface area contributed by atoms with Crippen molar-refractivity contribution in [1.82, 2.24) is 9.55 Å². The molecule has 2 heterocycles. The van der Waals surface area contributed by atoms with Gasteiger partial charge in [0.05, 0.1) is 11.7 Å². The highest BCUT2D eigenvalue weighted by atomic mass is 16.5. The molecule has 2 aromatic rings. The third kappa shape index (κ3) is 1.03. The molecule has 5 heteroatoms. The van der Waals surface area contributed by atoms with Crippen LogP contribution in [0, 0.1) is 0 Å². The molecule has 0 radical (unpaired) electrons. The molecular formula is C10H7N3O2. The van der Waals surface area contributed by atoms with Crippen LogP contribution in [0.25, 0.3) is 17.2 Å². The lowest BCUT2D eigenvalue weighted by Crippen LogP contribution is -2.20. The molecule has 3 rings (SSSR count). The van der Waals surface area contributed by atoms with E-state index in [0.29, 0.717) is 5.75 Å². The zero-order valence-electron chi connectivity index (χ0n) is 7.68. The van der Waals surface area contributed by atoms with Gasteiger partial charge in [-0.25, -0.2) is 4.98 Å². The Morgan fingerprint density at radius 2 is 2.33 bits per heavy atom. The van der Waals surface area contributed by atoms with Gasteiger partial charge in [-0.3, -0.25) is 9.36 Å². The minimum atomic E-state index is -0.591. The summed E-state index contributed by atoms with van der Waals surface area (Å²) in [5.41, 5.74) is 6.83. The van der Waals surface area contributed by atoms with Gasteiger partial charge in [0.2, 0.25) is 5.76 Å². The Labute approximate surface area is 84.8 Å². The lowest BCUT2D eigenvalue weighted by Gasteiger charge is -2.14. The van der Waals surface area contributed by atoms with Crippen LogP contribution < -0.4 is 10.5 Å². The molecule has 5 nitrogen and oxygen atoms in total. The van der Waals surface area contributed by atoms with E-state index in [4.69, 9.17) is 10.5 Å². The van der Waals surface area contributed by atoms with Crippen molar-refractivity contribution in [2.45, 2.75) is 0 Å². The molecule has 0 fully saturated rings. The van der Waals surface area contributed by atoms with Crippen molar-refractivity contribution in [3.8, 4) is 5.75 Å². The molecule has 0 spiro atoms. The Morgan fingerprint density at radius 3 is 3.13 bits per heavy atom. The molecule has 74 valence electrons. The van der Waals surface area contributed by atoms with Crippen molar-refractivity contribution >= 4 is 23.1 Å². The number of aromatic nitrogens is 2. The Morgan fingerprint density at radius 1 is 1.47 bits per heavy atom. The van der Waals surface area contributed by atoms with Crippen LogP contribution in [0.15, 0.2) is 30.3 Å². The summed E-state index contributed by atoms with van der Waals surface area (Å²) in [5.74, 6) is 0.126. The van der Waals surface area contributed by atoms with Crippen LogP contribution in [0.3, 0.4) is 0 Å². The third-order valence-electron chi connectivity index (χ3n) is 2.28. The molecule has 1 aromatic heterocycles. The quantitative estimate of drug-likeness (QED) is 0.738. The van der Waals surface area contributed by atoms with Crippen molar-refractivity contribution < 1.29 is 9.53 Å². The lowest BCUT2D eigenvalue weighted by atomic mass is 10.2. The van der Waals surface area contributed by atoms with Gasteiger partial charge < -0.3 is 10.5 Å². The molecule has 0 unspecified atom stereocenters. The second kappa shape index (κ2) is 2.60. The van der Waals surface area contributed by atoms with Gasteiger partial charge in [-0.2, -0.15) is 0 Å². The molecular weight excluding hydrogens is 194 g/mol. The summed E-state index contributed by atoms with van der Waals surface area (Å²) in [6, 6.07) is 5.47. The average molecular weight is 201 g/mol. The number of benzene rings is 1. The first kappa shape index (κ1) is 8.05. The third-order valence-corrected chi connectivity index (χ3v) is 2.28. The normalized spacial score (nSPS) is 13.5. The number of amides is 1.